The van der Waals surface area contributed by atoms with E-state index in [2.05, 4.69) is 5.32 Å². The predicted molar refractivity (Wildman–Crippen MR) is 71.5 cm³/mol. The first-order chi connectivity index (χ1) is 9.79. The minimum atomic E-state index is -4.28. The van der Waals surface area contributed by atoms with Gasteiger partial charge in [0.25, 0.3) is 0 Å². The van der Waals surface area contributed by atoms with Gasteiger partial charge < -0.3 is 5.32 Å². The second kappa shape index (κ2) is 7.09. The van der Waals surface area contributed by atoms with Crippen molar-refractivity contribution in [2.24, 2.45) is 0 Å². The molecule has 0 saturated heterocycles. The summed E-state index contributed by atoms with van der Waals surface area (Å²) >= 11 is 0. The number of carbonyl (C=O) groups is 1. The molecule has 8 nitrogen and oxygen atoms in total. The number of para-hydroxylation sites is 1. The van der Waals surface area contributed by atoms with Crippen LogP contribution >= 0.6 is 0 Å². The molecule has 0 bridgehead atoms. The summed E-state index contributed by atoms with van der Waals surface area (Å²) < 4.78 is 39.3. The van der Waals surface area contributed by atoms with Crippen molar-refractivity contribution in [1.29, 1.82) is 0 Å². The Morgan fingerprint density at radius 1 is 1.43 bits per heavy atom. The number of hydrogen-bond donors (Lipinski definition) is 2. The molecule has 0 unspecified atom stereocenters. The molecular weight excluding hydrogens is 305 g/mol. The highest BCUT2D eigenvalue weighted by atomic mass is 32.2. The van der Waals surface area contributed by atoms with E-state index in [-0.39, 0.29) is 18.9 Å². The number of sulfonamides is 1. The van der Waals surface area contributed by atoms with Gasteiger partial charge in [-0.2, -0.15) is 4.39 Å². The van der Waals surface area contributed by atoms with Crippen molar-refractivity contribution >= 4 is 21.6 Å². The Labute approximate surface area is 120 Å². The van der Waals surface area contributed by atoms with Gasteiger partial charge in [0, 0.05) is 19.5 Å². The van der Waals surface area contributed by atoms with E-state index < -0.39 is 31.3 Å². The van der Waals surface area contributed by atoms with Crippen LogP contribution in [0.4, 0.5) is 10.1 Å². The number of nitrogens with one attached hydrogen (secondary N) is 2. The molecule has 0 spiro atoms. The van der Waals surface area contributed by atoms with E-state index in [0.29, 0.717) is 6.54 Å². The minimum absolute atomic E-state index is 0.129. The Morgan fingerprint density at radius 2 is 2.10 bits per heavy atom. The van der Waals surface area contributed by atoms with Crippen LogP contribution in [0.1, 0.15) is 13.3 Å². The van der Waals surface area contributed by atoms with Crippen LogP contribution in [0.5, 0.6) is 0 Å². The van der Waals surface area contributed by atoms with Gasteiger partial charge in [0.1, 0.15) is 0 Å². The number of nitro benzene ring substituents is 1. The van der Waals surface area contributed by atoms with Crippen LogP contribution in [-0.2, 0) is 14.8 Å². The number of nitro groups is 1. The maximum atomic E-state index is 13.4. The largest absolute Gasteiger partial charge is 0.356 e. The van der Waals surface area contributed by atoms with Gasteiger partial charge in [0.2, 0.25) is 21.7 Å². The summed E-state index contributed by atoms with van der Waals surface area (Å²) in [5, 5.41) is 13.2. The van der Waals surface area contributed by atoms with Crippen molar-refractivity contribution in [1.82, 2.24) is 10.0 Å². The fourth-order valence-corrected chi connectivity index (χ4v) is 2.76. The lowest BCUT2D eigenvalue weighted by molar-refractivity contribution is -0.390. The number of carbonyl (C=O) groups excluding carboxylic acids is 1. The summed E-state index contributed by atoms with van der Waals surface area (Å²) in [5.74, 6) is -1.61. The highest BCUT2D eigenvalue weighted by molar-refractivity contribution is 7.89. The molecule has 1 amide bonds. The van der Waals surface area contributed by atoms with Crippen LogP contribution in [0.25, 0.3) is 0 Å². The molecule has 1 rings (SSSR count). The summed E-state index contributed by atoms with van der Waals surface area (Å²) in [6, 6.07) is 2.78. The SMILES string of the molecule is CCNC(=O)CCNS(=O)(=O)c1cccc(F)c1[N+](=O)[O-]. The van der Waals surface area contributed by atoms with Crippen LogP contribution in [-0.4, -0.2) is 32.3 Å². The van der Waals surface area contributed by atoms with E-state index in [1.165, 1.54) is 0 Å². The molecule has 0 fully saturated rings. The molecule has 0 aliphatic rings. The summed E-state index contributed by atoms with van der Waals surface area (Å²) in [7, 11) is -4.28. The van der Waals surface area contributed by atoms with E-state index in [0.717, 1.165) is 18.2 Å². The van der Waals surface area contributed by atoms with Crippen LogP contribution < -0.4 is 10.0 Å². The maximum Gasteiger partial charge on any atom is 0.324 e. The van der Waals surface area contributed by atoms with Gasteiger partial charge in [-0.3, -0.25) is 14.9 Å². The number of benzene rings is 1. The van der Waals surface area contributed by atoms with E-state index in [1.54, 1.807) is 6.92 Å². The first-order valence-corrected chi connectivity index (χ1v) is 7.47. The molecule has 21 heavy (non-hydrogen) atoms. The number of rotatable bonds is 7. The first-order valence-electron chi connectivity index (χ1n) is 5.99. The van der Waals surface area contributed by atoms with Crippen LogP contribution in [0, 0.1) is 15.9 Å². The molecular formula is C11H14FN3O5S. The van der Waals surface area contributed by atoms with Crippen molar-refractivity contribution in [3.8, 4) is 0 Å². The monoisotopic (exact) mass is 319 g/mol. The van der Waals surface area contributed by atoms with E-state index >= 15 is 0 Å². The van der Waals surface area contributed by atoms with Crippen molar-refractivity contribution in [3.63, 3.8) is 0 Å². The molecule has 2 N–H and O–H groups in total. The van der Waals surface area contributed by atoms with Gasteiger partial charge in [-0.15, -0.1) is 0 Å². The Bertz CT molecular complexity index is 647. The molecule has 10 heteroatoms. The molecule has 0 saturated carbocycles. The summed E-state index contributed by atoms with van der Waals surface area (Å²) in [6.45, 7) is 1.86. The van der Waals surface area contributed by atoms with E-state index in [9.17, 15) is 27.7 Å². The van der Waals surface area contributed by atoms with Crippen molar-refractivity contribution in [2.75, 3.05) is 13.1 Å². The van der Waals surface area contributed by atoms with Gasteiger partial charge in [0.15, 0.2) is 4.90 Å². The lowest BCUT2D eigenvalue weighted by Gasteiger charge is -2.07. The van der Waals surface area contributed by atoms with Gasteiger partial charge in [-0.25, -0.2) is 13.1 Å². The molecule has 116 valence electrons. The zero-order valence-electron chi connectivity index (χ0n) is 11.1. The predicted octanol–water partition coefficient (Wildman–Crippen LogP) is 0.538. The first kappa shape index (κ1) is 17.0. The third-order valence-electron chi connectivity index (χ3n) is 2.44. The van der Waals surface area contributed by atoms with Gasteiger partial charge in [-0.1, -0.05) is 6.07 Å². The number of halogens is 1. The third kappa shape index (κ3) is 4.46. The maximum absolute atomic E-state index is 13.4. The summed E-state index contributed by atoms with van der Waals surface area (Å²) in [4.78, 5) is 20.1. The molecule has 0 aliphatic carbocycles. The highest BCUT2D eigenvalue weighted by Crippen LogP contribution is 2.26. The van der Waals surface area contributed by atoms with Crippen molar-refractivity contribution < 1.29 is 22.5 Å². The standard InChI is InChI=1S/C11H14FN3O5S/c1-2-13-10(16)6-7-14-21(19,20)9-5-3-4-8(12)11(9)15(17)18/h3-5,14H,2,6-7H2,1H3,(H,13,16). The quantitative estimate of drug-likeness (QED) is 0.561. The smallest absolute Gasteiger partial charge is 0.324 e. The number of nitrogens with zero attached hydrogens (tertiary/aromatic N) is 1. The fraction of sp³-hybridized carbons (Fsp3) is 0.364. The topological polar surface area (TPSA) is 118 Å². The molecule has 0 atom stereocenters. The average molecular weight is 319 g/mol. The Hall–Kier alpha value is -2.07. The van der Waals surface area contributed by atoms with E-state index in [1.807, 2.05) is 4.72 Å². The van der Waals surface area contributed by atoms with Crippen LogP contribution in [0.15, 0.2) is 23.1 Å². The van der Waals surface area contributed by atoms with Crippen LogP contribution in [0.3, 0.4) is 0 Å². The normalized spacial score (nSPS) is 11.1. The number of amides is 1. The number of hydrogen-bond acceptors (Lipinski definition) is 5. The molecule has 0 aromatic heterocycles. The van der Waals surface area contributed by atoms with Crippen molar-refractivity contribution in [3.05, 3.63) is 34.1 Å². The van der Waals surface area contributed by atoms with Gasteiger partial charge in [0.05, 0.1) is 4.92 Å². The van der Waals surface area contributed by atoms with Gasteiger partial charge in [-0.05, 0) is 19.1 Å². The zero-order chi connectivity index (χ0) is 16.0. The third-order valence-corrected chi connectivity index (χ3v) is 3.93. The Morgan fingerprint density at radius 3 is 2.67 bits per heavy atom. The molecule has 1 aromatic rings. The van der Waals surface area contributed by atoms with E-state index in [4.69, 9.17) is 0 Å². The summed E-state index contributed by atoms with van der Waals surface area (Å²) in [6.07, 6.45) is -0.129. The Kier molecular flexibility index (Phi) is 5.73. The zero-order valence-corrected chi connectivity index (χ0v) is 11.9. The lowest BCUT2D eigenvalue weighted by atomic mass is 10.3. The average Bonchev–Trinajstić information content (AvgIpc) is 2.38. The molecule has 0 radical (unpaired) electrons. The highest BCUT2D eigenvalue weighted by Gasteiger charge is 2.29. The second-order valence-corrected chi connectivity index (χ2v) is 5.68. The lowest BCUT2D eigenvalue weighted by Crippen LogP contribution is -2.31. The molecule has 0 heterocycles. The van der Waals surface area contributed by atoms with Crippen LogP contribution in [0.2, 0.25) is 0 Å². The summed E-state index contributed by atoms with van der Waals surface area (Å²) in [5.41, 5.74) is -1.12. The second-order valence-electron chi connectivity index (χ2n) is 3.94. The molecule has 0 aliphatic heterocycles. The van der Waals surface area contributed by atoms with Gasteiger partial charge >= 0.3 is 5.69 Å². The minimum Gasteiger partial charge on any atom is -0.356 e. The Balaban J connectivity index is 2.92. The van der Waals surface area contributed by atoms with Crippen molar-refractivity contribution in [2.45, 2.75) is 18.2 Å². The fourth-order valence-electron chi connectivity index (χ4n) is 1.55. The molecule has 1 aromatic carbocycles.